The molecule has 0 atom stereocenters. The topological polar surface area (TPSA) is 77.1 Å². The van der Waals surface area contributed by atoms with Crippen molar-refractivity contribution < 1.29 is 9.18 Å². The molecule has 3 rings (SSSR count). The third-order valence-corrected chi connectivity index (χ3v) is 5.44. The van der Waals surface area contributed by atoms with Gasteiger partial charge in [0.1, 0.15) is 11.5 Å². The molecule has 1 saturated carbocycles. The smallest absolute Gasteiger partial charge is 0.274 e. The van der Waals surface area contributed by atoms with E-state index in [-0.39, 0.29) is 28.4 Å². The van der Waals surface area contributed by atoms with Gasteiger partial charge in [-0.2, -0.15) is 0 Å². The highest BCUT2D eigenvalue weighted by atomic mass is 19.1. The zero-order chi connectivity index (χ0) is 19.3. The number of hydrogen-bond donors (Lipinski definition) is 2. The summed E-state index contributed by atoms with van der Waals surface area (Å²) in [5.41, 5.74) is 6.60. The molecule has 0 radical (unpaired) electrons. The van der Waals surface area contributed by atoms with Gasteiger partial charge >= 0.3 is 0 Å². The highest BCUT2D eigenvalue weighted by molar-refractivity contribution is 5.91. The Balaban J connectivity index is 1.70. The Labute approximate surface area is 158 Å². The lowest BCUT2D eigenvalue weighted by atomic mass is 9.71. The van der Waals surface area contributed by atoms with Gasteiger partial charge in [0.15, 0.2) is 0 Å². The minimum atomic E-state index is -0.316. The molecular weight excluding hydrogens is 345 g/mol. The van der Waals surface area contributed by atoms with Gasteiger partial charge in [-0.1, -0.05) is 31.4 Å². The van der Waals surface area contributed by atoms with Crippen LogP contribution >= 0.6 is 0 Å². The normalized spacial score (nSPS) is 16.1. The maximum absolute atomic E-state index is 13.0. The van der Waals surface area contributed by atoms with E-state index in [1.165, 1.54) is 23.1 Å². The molecule has 1 aliphatic carbocycles. The predicted octanol–water partition coefficient (Wildman–Crippen LogP) is 3.27. The van der Waals surface area contributed by atoms with Crippen molar-refractivity contribution in [2.45, 2.75) is 45.1 Å². The number of nitrogens with zero attached hydrogens (tertiary/aromatic N) is 1. The number of amides is 1. The molecule has 1 amide bonds. The highest BCUT2D eigenvalue weighted by Crippen LogP contribution is 2.38. The van der Waals surface area contributed by atoms with E-state index in [4.69, 9.17) is 5.73 Å². The molecule has 0 spiro atoms. The number of hydrogen-bond acceptors (Lipinski definition) is 3. The quantitative estimate of drug-likeness (QED) is 0.818. The van der Waals surface area contributed by atoms with Gasteiger partial charge in [0.05, 0.1) is 6.54 Å². The number of nitrogens with two attached hydrogens (primary N) is 1. The maximum atomic E-state index is 13.0. The summed E-state index contributed by atoms with van der Waals surface area (Å²) in [4.78, 5) is 25.2. The fourth-order valence-corrected chi connectivity index (χ4v) is 3.83. The molecule has 6 heteroatoms. The number of benzene rings is 1. The Kier molecular flexibility index (Phi) is 6.06. The minimum Gasteiger partial charge on any atom is -0.330 e. The zero-order valence-corrected chi connectivity index (χ0v) is 15.4. The van der Waals surface area contributed by atoms with Crippen molar-refractivity contribution in [2.24, 2.45) is 11.1 Å². The largest absolute Gasteiger partial charge is 0.330 e. The predicted molar refractivity (Wildman–Crippen MR) is 104 cm³/mol. The molecule has 0 aliphatic heterocycles. The van der Waals surface area contributed by atoms with Crippen molar-refractivity contribution in [1.82, 2.24) is 4.57 Å². The van der Waals surface area contributed by atoms with Crippen LogP contribution < -0.4 is 16.6 Å². The maximum Gasteiger partial charge on any atom is 0.274 e. The number of aromatic nitrogens is 1. The second-order valence-electron chi connectivity index (χ2n) is 7.47. The first-order chi connectivity index (χ1) is 13.0. The first-order valence-electron chi connectivity index (χ1n) is 9.45. The van der Waals surface area contributed by atoms with Gasteiger partial charge < -0.3 is 15.6 Å². The van der Waals surface area contributed by atoms with E-state index in [1.54, 1.807) is 30.5 Å². The summed E-state index contributed by atoms with van der Waals surface area (Å²) in [6.07, 6.45) is 7.30. The first-order valence-corrected chi connectivity index (χ1v) is 9.45. The number of anilines is 1. The van der Waals surface area contributed by atoms with Gasteiger partial charge in [-0.15, -0.1) is 0 Å². The first kappa shape index (κ1) is 19.3. The standard InChI is InChI=1S/C21H26FN3O2/c22-17-8-6-16(7-9-17)14-25-12-4-5-18(20(25)27)24-19(26)13-21(15-23)10-2-1-3-11-21/h4-9,12H,1-3,10-11,13-15,23H2,(H,24,26). The average molecular weight is 371 g/mol. The summed E-state index contributed by atoms with van der Waals surface area (Å²) in [6, 6.07) is 9.34. The fraction of sp³-hybridized carbons (Fsp3) is 0.429. The van der Waals surface area contributed by atoms with Crippen LogP contribution in [0.2, 0.25) is 0 Å². The van der Waals surface area contributed by atoms with E-state index in [0.717, 1.165) is 31.2 Å². The van der Waals surface area contributed by atoms with Crippen molar-refractivity contribution in [1.29, 1.82) is 0 Å². The van der Waals surface area contributed by atoms with Gasteiger partial charge in [-0.25, -0.2) is 4.39 Å². The molecule has 1 aromatic heterocycles. The Hall–Kier alpha value is -2.47. The molecular formula is C21H26FN3O2. The molecule has 1 fully saturated rings. The van der Waals surface area contributed by atoms with Crippen molar-refractivity contribution >= 4 is 11.6 Å². The summed E-state index contributed by atoms with van der Waals surface area (Å²) < 4.78 is 14.5. The van der Waals surface area contributed by atoms with Crippen LogP contribution in [0.1, 0.15) is 44.1 Å². The molecule has 0 saturated heterocycles. The average Bonchev–Trinajstić information content (AvgIpc) is 2.67. The van der Waals surface area contributed by atoms with Crippen LogP contribution in [0.3, 0.4) is 0 Å². The number of carbonyl (C=O) groups excluding carboxylic acids is 1. The molecule has 1 aromatic carbocycles. The number of halogens is 1. The summed E-state index contributed by atoms with van der Waals surface area (Å²) in [7, 11) is 0. The number of pyridine rings is 1. The van der Waals surface area contributed by atoms with Crippen molar-refractivity contribution in [3.05, 3.63) is 64.3 Å². The third kappa shape index (κ3) is 4.83. The van der Waals surface area contributed by atoms with Crippen LogP contribution in [0.5, 0.6) is 0 Å². The fourth-order valence-electron chi connectivity index (χ4n) is 3.83. The highest BCUT2D eigenvalue weighted by Gasteiger charge is 2.33. The van der Waals surface area contributed by atoms with Crippen molar-refractivity contribution in [3.63, 3.8) is 0 Å². The molecule has 1 heterocycles. The van der Waals surface area contributed by atoms with Gasteiger partial charge in [-0.3, -0.25) is 9.59 Å². The van der Waals surface area contributed by atoms with E-state index in [1.807, 2.05) is 0 Å². The Bertz CT molecular complexity index is 839. The summed E-state index contributed by atoms with van der Waals surface area (Å²) >= 11 is 0. The molecule has 0 bridgehead atoms. The van der Waals surface area contributed by atoms with Gasteiger partial charge in [0, 0.05) is 12.6 Å². The van der Waals surface area contributed by atoms with Crippen molar-refractivity contribution in [2.75, 3.05) is 11.9 Å². The molecule has 27 heavy (non-hydrogen) atoms. The molecule has 0 unspecified atom stereocenters. The molecule has 5 nitrogen and oxygen atoms in total. The van der Waals surface area contributed by atoms with E-state index in [9.17, 15) is 14.0 Å². The van der Waals surface area contributed by atoms with Crippen LogP contribution in [0.4, 0.5) is 10.1 Å². The van der Waals surface area contributed by atoms with Crippen LogP contribution in [-0.4, -0.2) is 17.0 Å². The van der Waals surface area contributed by atoms with Gasteiger partial charge in [0.25, 0.3) is 5.56 Å². The Morgan fingerprint density at radius 1 is 1.15 bits per heavy atom. The Morgan fingerprint density at radius 2 is 1.85 bits per heavy atom. The van der Waals surface area contributed by atoms with Gasteiger partial charge in [-0.05, 0) is 54.6 Å². The van der Waals surface area contributed by atoms with E-state index in [2.05, 4.69) is 5.32 Å². The molecule has 2 aromatic rings. The Morgan fingerprint density at radius 3 is 2.52 bits per heavy atom. The zero-order valence-electron chi connectivity index (χ0n) is 15.4. The van der Waals surface area contributed by atoms with Crippen molar-refractivity contribution in [3.8, 4) is 0 Å². The van der Waals surface area contributed by atoms with E-state index < -0.39 is 0 Å². The SMILES string of the molecule is NCC1(CC(=O)Nc2cccn(Cc3ccc(F)cc3)c2=O)CCCCC1. The molecule has 3 N–H and O–H groups in total. The lowest BCUT2D eigenvalue weighted by molar-refractivity contribution is -0.118. The second kappa shape index (κ2) is 8.48. The van der Waals surface area contributed by atoms with Crippen LogP contribution in [-0.2, 0) is 11.3 Å². The monoisotopic (exact) mass is 371 g/mol. The van der Waals surface area contributed by atoms with Crippen LogP contribution in [0.15, 0.2) is 47.4 Å². The summed E-state index contributed by atoms with van der Waals surface area (Å²) in [6.45, 7) is 0.805. The van der Waals surface area contributed by atoms with Crippen LogP contribution in [0.25, 0.3) is 0 Å². The molecule has 144 valence electrons. The third-order valence-electron chi connectivity index (χ3n) is 5.44. The number of nitrogens with one attached hydrogen (secondary N) is 1. The second-order valence-corrected chi connectivity index (χ2v) is 7.47. The minimum absolute atomic E-state index is 0.149. The lowest BCUT2D eigenvalue weighted by Crippen LogP contribution is -2.37. The summed E-state index contributed by atoms with van der Waals surface area (Å²) in [5.74, 6) is -0.484. The summed E-state index contributed by atoms with van der Waals surface area (Å²) in [5, 5.41) is 2.76. The lowest BCUT2D eigenvalue weighted by Gasteiger charge is -2.35. The van der Waals surface area contributed by atoms with E-state index in [0.29, 0.717) is 19.5 Å². The number of carbonyl (C=O) groups is 1. The molecule has 1 aliphatic rings. The van der Waals surface area contributed by atoms with Crippen LogP contribution in [0, 0.1) is 11.2 Å². The van der Waals surface area contributed by atoms with E-state index >= 15 is 0 Å². The van der Waals surface area contributed by atoms with Gasteiger partial charge in [0.2, 0.25) is 5.91 Å². The number of rotatable bonds is 6.